The predicted octanol–water partition coefficient (Wildman–Crippen LogP) is 2.50. The maximum Gasteiger partial charge on any atom is 0.0107 e. The fourth-order valence-corrected chi connectivity index (χ4v) is 3.42. The highest BCUT2D eigenvalue weighted by molar-refractivity contribution is 4.83. The number of piperidine rings is 1. The molecule has 16 heavy (non-hydrogen) atoms. The van der Waals surface area contributed by atoms with Gasteiger partial charge in [-0.1, -0.05) is 26.2 Å². The number of hydrogen-bond donors (Lipinski definition) is 1. The topological polar surface area (TPSA) is 15.3 Å². The molecule has 1 saturated heterocycles. The molecule has 2 heteroatoms. The summed E-state index contributed by atoms with van der Waals surface area (Å²) in [5, 5.41) is 3.51. The van der Waals surface area contributed by atoms with Gasteiger partial charge in [-0.2, -0.15) is 0 Å². The van der Waals surface area contributed by atoms with Gasteiger partial charge in [0.15, 0.2) is 0 Å². The molecular formula is C14H28N2. The zero-order chi connectivity index (χ0) is 11.2. The van der Waals surface area contributed by atoms with Crippen molar-refractivity contribution < 1.29 is 0 Å². The lowest BCUT2D eigenvalue weighted by molar-refractivity contribution is 0.0876. The minimum atomic E-state index is 1.04. The summed E-state index contributed by atoms with van der Waals surface area (Å²) in [5.41, 5.74) is 0. The molecule has 0 bridgehead atoms. The minimum Gasteiger partial charge on any atom is -0.315 e. The second-order valence-corrected chi connectivity index (χ2v) is 5.64. The molecule has 1 heterocycles. The van der Waals surface area contributed by atoms with Gasteiger partial charge in [-0.15, -0.1) is 0 Å². The molecular weight excluding hydrogens is 196 g/mol. The van der Waals surface area contributed by atoms with Crippen LogP contribution in [0.4, 0.5) is 0 Å². The van der Waals surface area contributed by atoms with E-state index in [1.165, 1.54) is 71.2 Å². The molecule has 94 valence electrons. The van der Waals surface area contributed by atoms with Crippen LogP contribution in [-0.2, 0) is 0 Å². The Bertz CT molecular complexity index is 193. The van der Waals surface area contributed by atoms with E-state index in [9.17, 15) is 0 Å². The van der Waals surface area contributed by atoms with Gasteiger partial charge in [-0.25, -0.2) is 0 Å². The van der Waals surface area contributed by atoms with Crippen molar-refractivity contribution >= 4 is 0 Å². The van der Waals surface area contributed by atoms with E-state index in [1.54, 1.807) is 0 Å². The molecule has 2 nitrogen and oxygen atoms in total. The molecule has 2 rings (SSSR count). The highest BCUT2D eigenvalue weighted by atomic mass is 15.1. The van der Waals surface area contributed by atoms with Crippen LogP contribution in [0, 0.1) is 11.8 Å². The van der Waals surface area contributed by atoms with Crippen LogP contribution in [0.1, 0.15) is 45.4 Å². The molecule has 0 amide bonds. The summed E-state index contributed by atoms with van der Waals surface area (Å²) in [5.74, 6) is 2.11. The number of fused-ring (bicyclic) bond motifs is 1. The first kappa shape index (κ1) is 12.4. The monoisotopic (exact) mass is 224 g/mol. The zero-order valence-electron chi connectivity index (χ0n) is 10.9. The molecule has 1 aliphatic heterocycles. The van der Waals surface area contributed by atoms with Gasteiger partial charge in [-0.05, 0) is 44.2 Å². The molecule has 1 saturated carbocycles. The number of nitrogens with one attached hydrogen (secondary N) is 1. The summed E-state index contributed by atoms with van der Waals surface area (Å²) in [4.78, 5) is 2.69. The molecule has 0 aromatic rings. The fraction of sp³-hybridized carbons (Fsp3) is 1.00. The Balaban J connectivity index is 1.65. The first-order chi connectivity index (χ1) is 7.90. The van der Waals surface area contributed by atoms with E-state index in [-0.39, 0.29) is 0 Å². The molecule has 0 aromatic heterocycles. The van der Waals surface area contributed by atoms with Crippen molar-refractivity contribution in [2.75, 3.05) is 32.7 Å². The molecule has 2 atom stereocenters. The Labute approximate surface area is 101 Å². The summed E-state index contributed by atoms with van der Waals surface area (Å²) in [6.07, 6.45) is 8.74. The van der Waals surface area contributed by atoms with Crippen LogP contribution in [0.15, 0.2) is 0 Å². The van der Waals surface area contributed by atoms with Crippen LogP contribution in [0.5, 0.6) is 0 Å². The van der Waals surface area contributed by atoms with E-state index in [0.29, 0.717) is 0 Å². The van der Waals surface area contributed by atoms with E-state index in [0.717, 1.165) is 11.8 Å². The van der Waals surface area contributed by atoms with E-state index >= 15 is 0 Å². The summed E-state index contributed by atoms with van der Waals surface area (Å²) < 4.78 is 0. The van der Waals surface area contributed by atoms with E-state index in [1.807, 2.05) is 0 Å². The van der Waals surface area contributed by atoms with Crippen LogP contribution < -0.4 is 5.32 Å². The van der Waals surface area contributed by atoms with Crippen molar-refractivity contribution in [1.82, 2.24) is 10.2 Å². The van der Waals surface area contributed by atoms with Gasteiger partial charge in [0.2, 0.25) is 0 Å². The Kier molecular flexibility index (Phi) is 5.11. The second kappa shape index (κ2) is 6.61. The molecule has 1 aliphatic carbocycles. The summed E-state index contributed by atoms with van der Waals surface area (Å²) >= 11 is 0. The summed E-state index contributed by atoms with van der Waals surface area (Å²) in [6, 6.07) is 0. The van der Waals surface area contributed by atoms with Crippen LogP contribution in [0.3, 0.4) is 0 Å². The van der Waals surface area contributed by atoms with Crippen LogP contribution in [0.25, 0.3) is 0 Å². The fourth-order valence-electron chi connectivity index (χ4n) is 3.42. The van der Waals surface area contributed by atoms with Gasteiger partial charge in [0.05, 0.1) is 0 Å². The molecule has 0 radical (unpaired) electrons. The van der Waals surface area contributed by atoms with Crippen molar-refractivity contribution in [3.63, 3.8) is 0 Å². The SMILES string of the molecule is CCCNCCN1CCC2CCCCC2C1. The molecule has 2 aliphatic rings. The van der Waals surface area contributed by atoms with Gasteiger partial charge in [0.25, 0.3) is 0 Å². The van der Waals surface area contributed by atoms with Crippen molar-refractivity contribution in [1.29, 1.82) is 0 Å². The maximum atomic E-state index is 3.51. The largest absolute Gasteiger partial charge is 0.315 e. The molecule has 2 fully saturated rings. The molecule has 2 unspecified atom stereocenters. The lowest BCUT2D eigenvalue weighted by Crippen LogP contribution is -2.44. The van der Waals surface area contributed by atoms with Crippen molar-refractivity contribution in [3.8, 4) is 0 Å². The second-order valence-electron chi connectivity index (χ2n) is 5.64. The third-order valence-electron chi connectivity index (χ3n) is 4.41. The minimum absolute atomic E-state index is 1.04. The first-order valence-corrected chi connectivity index (χ1v) is 7.33. The smallest absolute Gasteiger partial charge is 0.0107 e. The normalized spacial score (nSPS) is 31.3. The molecule has 1 N–H and O–H groups in total. The van der Waals surface area contributed by atoms with Gasteiger partial charge >= 0.3 is 0 Å². The standard InChI is InChI=1S/C14H28N2/c1-2-8-15-9-11-16-10-7-13-5-3-4-6-14(13)12-16/h13-15H,2-12H2,1H3. The average molecular weight is 224 g/mol. The predicted molar refractivity (Wildman–Crippen MR) is 69.7 cm³/mol. The third-order valence-corrected chi connectivity index (χ3v) is 4.41. The van der Waals surface area contributed by atoms with Gasteiger partial charge in [-0.3, -0.25) is 0 Å². The van der Waals surface area contributed by atoms with Crippen LogP contribution >= 0.6 is 0 Å². The number of nitrogens with zero attached hydrogens (tertiary/aromatic N) is 1. The van der Waals surface area contributed by atoms with Crippen LogP contribution in [0.2, 0.25) is 0 Å². The number of likely N-dealkylation sites (tertiary alicyclic amines) is 1. The van der Waals surface area contributed by atoms with Crippen LogP contribution in [-0.4, -0.2) is 37.6 Å². The first-order valence-electron chi connectivity index (χ1n) is 7.33. The summed E-state index contributed by atoms with van der Waals surface area (Å²) in [7, 11) is 0. The quantitative estimate of drug-likeness (QED) is 0.722. The van der Waals surface area contributed by atoms with Crippen molar-refractivity contribution in [2.45, 2.75) is 45.4 Å². The van der Waals surface area contributed by atoms with E-state index in [4.69, 9.17) is 0 Å². The van der Waals surface area contributed by atoms with Gasteiger partial charge < -0.3 is 10.2 Å². The Hall–Kier alpha value is -0.0800. The van der Waals surface area contributed by atoms with Crippen molar-refractivity contribution in [3.05, 3.63) is 0 Å². The highest BCUT2D eigenvalue weighted by Crippen LogP contribution is 2.35. The van der Waals surface area contributed by atoms with E-state index < -0.39 is 0 Å². The summed E-state index contributed by atoms with van der Waals surface area (Å²) in [6.45, 7) is 8.61. The Morgan fingerprint density at radius 1 is 1.06 bits per heavy atom. The lowest BCUT2D eigenvalue weighted by atomic mass is 9.75. The average Bonchev–Trinajstić information content (AvgIpc) is 2.34. The zero-order valence-corrected chi connectivity index (χ0v) is 10.9. The maximum absolute atomic E-state index is 3.51. The van der Waals surface area contributed by atoms with Gasteiger partial charge in [0.1, 0.15) is 0 Å². The Morgan fingerprint density at radius 3 is 2.69 bits per heavy atom. The molecule has 0 spiro atoms. The number of rotatable bonds is 5. The van der Waals surface area contributed by atoms with Gasteiger partial charge in [0, 0.05) is 19.6 Å². The lowest BCUT2D eigenvalue weighted by Gasteiger charge is -2.41. The molecule has 0 aromatic carbocycles. The number of hydrogen-bond acceptors (Lipinski definition) is 2. The van der Waals surface area contributed by atoms with E-state index in [2.05, 4.69) is 17.1 Å². The van der Waals surface area contributed by atoms with Crippen molar-refractivity contribution in [2.24, 2.45) is 11.8 Å². The Morgan fingerprint density at radius 2 is 1.88 bits per heavy atom. The highest BCUT2D eigenvalue weighted by Gasteiger charge is 2.30. The third kappa shape index (κ3) is 3.46.